The van der Waals surface area contributed by atoms with E-state index < -0.39 is 11.9 Å². The molecule has 1 aromatic heterocycles. The Morgan fingerprint density at radius 3 is 2.54 bits per heavy atom. The number of benzene rings is 2. The predicted octanol–water partition coefficient (Wildman–Crippen LogP) is 4.64. The highest BCUT2D eigenvalue weighted by atomic mass is 79.9. The van der Waals surface area contributed by atoms with E-state index >= 15 is 0 Å². The Morgan fingerprint density at radius 1 is 1.00 bits per heavy atom. The van der Waals surface area contributed by atoms with Crippen LogP contribution in [0.25, 0.3) is 0 Å². The van der Waals surface area contributed by atoms with E-state index in [0.29, 0.717) is 15.7 Å². The fourth-order valence-corrected chi connectivity index (χ4v) is 3.58. The van der Waals surface area contributed by atoms with E-state index in [2.05, 4.69) is 26.6 Å². The number of carboxylic acid groups (broad SMARTS) is 1. The van der Waals surface area contributed by atoms with Gasteiger partial charge in [-0.25, -0.2) is 4.79 Å². The first-order chi connectivity index (χ1) is 13.4. The van der Waals surface area contributed by atoms with Crippen molar-refractivity contribution in [2.45, 2.75) is 6.42 Å². The topological polar surface area (TPSA) is 95.5 Å². The molecule has 8 heteroatoms. The van der Waals surface area contributed by atoms with Gasteiger partial charge in [0.2, 0.25) is 5.91 Å². The number of amides is 2. The van der Waals surface area contributed by atoms with Crippen molar-refractivity contribution in [3.05, 3.63) is 80.5 Å². The molecular formula is C20H15BrN2O4S. The second-order valence-corrected chi connectivity index (χ2v) is 7.78. The van der Waals surface area contributed by atoms with Gasteiger partial charge in [0, 0.05) is 20.6 Å². The zero-order valence-electron chi connectivity index (χ0n) is 14.4. The molecule has 0 atom stereocenters. The number of carboxylic acids is 1. The van der Waals surface area contributed by atoms with Crippen molar-refractivity contribution in [3.63, 3.8) is 0 Å². The number of hydrogen-bond acceptors (Lipinski definition) is 4. The van der Waals surface area contributed by atoms with Crippen LogP contribution in [0.5, 0.6) is 0 Å². The molecule has 0 radical (unpaired) electrons. The molecule has 0 aliphatic heterocycles. The van der Waals surface area contributed by atoms with Gasteiger partial charge in [-0.15, -0.1) is 11.3 Å². The summed E-state index contributed by atoms with van der Waals surface area (Å²) in [6, 6.07) is 14.8. The van der Waals surface area contributed by atoms with Crippen LogP contribution >= 0.6 is 27.3 Å². The molecule has 28 heavy (non-hydrogen) atoms. The number of carbonyl (C=O) groups is 3. The van der Waals surface area contributed by atoms with Crippen LogP contribution in [0.4, 0.5) is 11.4 Å². The van der Waals surface area contributed by atoms with E-state index in [-0.39, 0.29) is 23.6 Å². The number of halogens is 1. The first-order valence-electron chi connectivity index (χ1n) is 8.19. The lowest BCUT2D eigenvalue weighted by Gasteiger charge is -2.10. The summed E-state index contributed by atoms with van der Waals surface area (Å²) in [5, 5.41) is 16.6. The Balaban J connectivity index is 1.72. The van der Waals surface area contributed by atoms with Gasteiger partial charge in [0.1, 0.15) is 0 Å². The highest BCUT2D eigenvalue weighted by Gasteiger charge is 2.15. The maximum absolute atomic E-state index is 12.5. The van der Waals surface area contributed by atoms with Crippen LogP contribution in [0.15, 0.2) is 64.5 Å². The molecule has 2 aromatic carbocycles. The third kappa shape index (κ3) is 5.05. The summed E-state index contributed by atoms with van der Waals surface area (Å²) in [6.07, 6.45) is 0.259. The predicted molar refractivity (Wildman–Crippen MR) is 112 cm³/mol. The van der Waals surface area contributed by atoms with E-state index in [4.69, 9.17) is 0 Å². The molecule has 3 aromatic rings. The molecule has 0 spiro atoms. The van der Waals surface area contributed by atoms with E-state index in [0.717, 1.165) is 4.88 Å². The maximum atomic E-state index is 12.5. The third-order valence-electron chi connectivity index (χ3n) is 3.78. The minimum absolute atomic E-state index is 0.0249. The Hall–Kier alpha value is -2.97. The van der Waals surface area contributed by atoms with Gasteiger partial charge in [-0.2, -0.15) is 0 Å². The van der Waals surface area contributed by atoms with E-state index in [1.54, 1.807) is 30.3 Å². The number of rotatable bonds is 6. The molecule has 0 fully saturated rings. The number of thiophene rings is 1. The second kappa shape index (κ2) is 8.81. The Labute approximate surface area is 173 Å². The SMILES string of the molecule is O=C(Cc1cccs1)Nc1cccc(C(=O)Nc2ccc(Br)cc2C(=O)O)c1. The number of aromatic carboxylic acids is 1. The summed E-state index contributed by atoms with van der Waals surface area (Å²) in [4.78, 5) is 37.0. The summed E-state index contributed by atoms with van der Waals surface area (Å²) in [7, 11) is 0. The lowest BCUT2D eigenvalue weighted by molar-refractivity contribution is -0.115. The fraction of sp³-hybridized carbons (Fsp3) is 0.0500. The minimum Gasteiger partial charge on any atom is -0.478 e. The third-order valence-corrected chi connectivity index (χ3v) is 5.15. The summed E-state index contributed by atoms with van der Waals surface area (Å²) in [5.41, 5.74) is 0.951. The molecule has 0 unspecified atom stereocenters. The number of nitrogens with one attached hydrogen (secondary N) is 2. The molecule has 1 heterocycles. The standard InChI is InChI=1S/C20H15BrN2O4S/c21-13-6-7-17(16(10-13)20(26)27)23-19(25)12-3-1-4-14(9-12)22-18(24)11-15-5-2-8-28-15/h1-10H,11H2,(H,22,24)(H,23,25)(H,26,27). The van der Waals surface area contributed by atoms with Crippen LogP contribution in [0.1, 0.15) is 25.6 Å². The Kier molecular flexibility index (Phi) is 6.23. The molecule has 0 aliphatic carbocycles. The molecule has 3 rings (SSSR count). The van der Waals surface area contributed by atoms with E-state index in [9.17, 15) is 19.5 Å². The van der Waals surface area contributed by atoms with Gasteiger partial charge in [-0.05, 0) is 47.8 Å². The van der Waals surface area contributed by atoms with E-state index in [1.807, 2.05) is 17.5 Å². The van der Waals surface area contributed by atoms with Crippen molar-refractivity contribution in [1.29, 1.82) is 0 Å². The summed E-state index contributed by atoms with van der Waals surface area (Å²) in [5.74, 6) is -1.80. The fourth-order valence-electron chi connectivity index (χ4n) is 2.51. The number of carbonyl (C=O) groups excluding carboxylic acids is 2. The number of hydrogen-bond donors (Lipinski definition) is 3. The van der Waals surface area contributed by atoms with Crippen molar-refractivity contribution in [2.75, 3.05) is 10.6 Å². The van der Waals surface area contributed by atoms with Crippen LogP contribution in [0.2, 0.25) is 0 Å². The van der Waals surface area contributed by atoms with Crippen molar-refractivity contribution in [1.82, 2.24) is 0 Å². The normalized spacial score (nSPS) is 10.3. The highest BCUT2D eigenvalue weighted by Crippen LogP contribution is 2.22. The van der Waals surface area contributed by atoms with Crippen molar-refractivity contribution in [2.24, 2.45) is 0 Å². The van der Waals surface area contributed by atoms with Gasteiger partial charge in [0.05, 0.1) is 17.7 Å². The average molecular weight is 459 g/mol. The Morgan fingerprint density at radius 2 is 1.82 bits per heavy atom. The average Bonchev–Trinajstić information content (AvgIpc) is 3.16. The minimum atomic E-state index is -1.15. The van der Waals surface area contributed by atoms with Crippen LogP contribution in [-0.2, 0) is 11.2 Å². The Bertz CT molecular complexity index is 1030. The van der Waals surface area contributed by atoms with E-state index in [1.165, 1.54) is 23.5 Å². The maximum Gasteiger partial charge on any atom is 0.337 e. The molecule has 142 valence electrons. The quantitative estimate of drug-likeness (QED) is 0.501. The van der Waals surface area contributed by atoms with Crippen molar-refractivity contribution >= 4 is 56.4 Å². The number of anilines is 2. The lowest BCUT2D eigenvalue weighted by Crippen LogP contribution is -2.16. The van der Waals surface area contributed by atoms with Gasteiger partial charge in [0.25, 0.3) is 5.91 Å². The molecule has 2 amide bonds. The highest BCUT2D eigenvalue weighted by molar-refractivity contribution is 9.10. The van der Waals surface area contributed by atoms with Crippen LogP contribution < -0.4 is 10.6 Å². The largest absolute Gasteiger partial charge is 0.478 e. The first-order valence-corrected chi connectivity index (χ1v) is 9.86. The first kappa shape index (κ1) is 19.8. The van der Waals surface area contributed by atoms with Gasteiger partial charge < -0.3 is 15.7 Å². The monoisotopic (exact) mass is 458 g/mol. The zero-order valence-corrected chi connectivity index (χ0v) is 16.8. The molecule has 0 aliphatic rings. The summed E-state index contributed by atoms with van der Waals surface area (Å²) < 4.78 is 0.596. The van der Waals surface area contributed by atoms with Crippen molar-refractivity contribution < 1.29 is 19.5 Å². The molecule has 3 N–H and O–H groups in total. The smallest absolute Gasteiger partial charge is 0.337 e. The van der Waals surface area contributed by atoms with Gasteiger partial charge >= 0.3 is 5.97 Å². The van der Waals surface area contributed by atoms with Gasteiger partial charge in [0.15, 0.2) is 0 Å². The van der Waals surface area contributed by atoms with Crippen LogP contribution in [-0.4, -0.2) is 22.9 Å². The second-order valence-electron chi connectivity index (χ2n) is 5.83. The zero-order chi connectivity index (χ0) is 20.1. The molecule has 0 bridgehead atoms. The molecule has 0 saturated heterocycles. The van der Waals surface area contributed by atoms with Gasteiger partial charge in [-0.3, -0.25) is 9.59 Å². The van der Waals surface area contributed by atoms with Crippen LogP contribution in [0.3, 0.4) is 0 Å². The molecule has 6 nitrogen and oxygen atoms in total. The van der Waals surface area contributed by atoms with Crippen LogP contribution in [0, 0.1) is 0 Å². The van der Waals surface area contributed by atoms with Gasteiger partial charge in [-0.1, -0.05) is 28.1 Å². The molecular weight excluding hydrogens is 444 g/mol. The summed E-state index contributed by atoms with van der Waals surface area (Å²) >= 11 is 4.71. The van der Waals surface area contributed by atoms with Crippen molar-refractivity contribution in [3.8, 4) is 0 Å². The lowest BCUT2D eigenvalue weighted by atomic mass is 10.1. The summed E-state index contributed by atoms with van der Waals surface area (Å²) in [6.45, 7) is 0. The molecule has 0 saturated carbocycles.